The van der Waals surface area contributed by atoms with Gasteiger partial charge in [0.2, 0.25) is 5.91 Å². The van der Waals surface area contributed by atoms with Crippen molar-refractivity contribution in [3.63, 3.8) is 0 Å². The predicted octanol–water partition coefficient (Wildman–Crippen LogP) is 2.74. The highest BCUT2D eigenvalue weighted by Gasteiger charge is 2.17. The molecule has 0 spiro atoms. The average Bonchev–Trinajstić information content (AvgIpc) is 2.87. The number of carbonyl (C=O) groups is 1. The molecule has 0 radical (unpaired) electrons. The Balaban J connectivity index is 1.97. The normalized spacial score (nSPS) is 11.3. The zero-order valence-electron chi connectivity index (χ0n) is 11.1. The van der Waals surface area contributed by atoms with E-state index in [1.54, 1.807) is 24.3 Å². The monoisotopic (exact) mass is 388 g/mol. The van der Waals surface area contributed by atoms with Crippen LogP contribution in [0, 0.1) is 6.92 Å². The molecule has 0 aliphatic rings. The summed E-state index contributed by atoms with van der Waals surface area (Å²) in [5.74, 6) is -0.432. The summed E-state index contributed by atoms with van der Waals surface area (Å²) in [6, 6.07) is 10.3. The largest absolute Gasteiger partial charge is 0.324 e. The van der Waals surface area contributed by atoms with Gasteiger partial charge in [-0.25, -0.2) is 13.1 Å². The van der Waals surface area contributed by atoms with Gasteiger partial charge in [0, 0.05) is 9.35 Å². The molecule has 21 heavy (non-hydrogen) atoms. The minimum Gasteiger partial charge on any atom is -0.324 e. The number of thiophene rings is 1. The van der Waals surface area contributed by atoms with Crippen LogP contribution >= 0.6 is 27.3 Å². The summed E-state index contributed by atoms with van der Waals surface area (Å²) in [6.07, 6.45) is 0. The van der Waals surface area contributed by atoms with Crippen molar-refractivity contribution in [1.29, 1.82) is 0 Å². The van der Waals surface area contributed by atoms with Gasteiger partial charge in [0.15, 0.2) is 0 Å². The summed E-state index contributed by atoms with van der Waals surface area (Å²) in [5.41, 5.74) is 0.591. The average molecular weight is 389 g/mol. The Hall–Kier alpha value is -1.22. The third-order valence-electron chi connectivity index (χ3n) is 2.55. The SMILES string of the molecule is Cc1ccc(S(=O)(=O)NCC(=O)Nc2ccccc2Br)s1. The maximum atomic E-state index is 12.0. The lowest BCUT2D eigenvalue weighted by Crippen LogP contribution is -2.32. The van der Waals surface area contributed by atoms with Crippen molar-refractivity contribution in [2.24, 2.45) is 0 Å². The molecule has 2 aromatic rings. The summed E-state index contributed by atoms with van der Waals surface area (Å²) >= 11 is 4.47. The van der Waals surface area contributed by atoms with Gasteiger partial charge < -0.3 is 5.32 Å². The highest BCUT2D eigenvalue weighted by atomic mass is 79.9. The lowest BCUT2D eigenvalue weighted by atomic mass is 10.3. The molecule has 8 heteroatoms. The second kappa shape index (κ2) is 6.69. The molecular formula is C13H13BrN2O3S2. The van der Waals surface area contributed by atoms with Crippen molar-refractivity contribution < 1.29 is 13.2 Å². The van der Waals surface area contributed by atoms with Crippen LogP contribution in [0.15, 0.2) is 45.1 Å². The van der Waals surface area contributed by atoms with Crippen molar-refractivity contribution in [2.45, 2.75) is 11.1 Å². The van der Waals surface area contributed by atoms with Gasteiger partial charge in [-0.2, -0.15) is 0 Å². The first-order valence-electron chi connectivity index (χ1n) is 5.99. The summed E-state index contributed by atoms with van der Waals surface area (Å²) in [5, 5.41) is 2.63. The van der Waals surface area contributed by atoms with E-state index >= 15 is 0 Å². The second-order valence-corrected chi connectivity index (χ2v) is 8.35. The number of carbonyl (C=O) groups excluding carboxylic acids is 1. The number of halogens is 1. The van der Waals surface area contributed by atoms with E-state index in [1.165, 1.54) is 6.07 Å². The van der Waals surface area contributed by atoms with E-state index in [1.807, 2.05) is 13.0 Å². The predicted molar refractivity (Wildman–Crippen MR) is 87.0 cm³/mol. The standard InChI is InChI=1S/C13H13BrN2O3S2/c1-9-6-7-13(20-9)21(18,19)15-8-12(17)16-11-5-3-2-4-10(11)14/h2-7,15H,8H2,1H3,(H,16,17). The zero-order valence-corrected chi connectivity index (χ0v) is 14.3. The number of amides is 1. The molecule has 1 heterocycles. The van der Waals surface area contributed by atoms with E-state index in [9.17, 15) is 13.2 Å². The summed E-state index contributed by atoms with van der Waals surface area (Å²) in [7, 11) is -3.64. The van der Waals surface area contributed by atoms with Gasteiger partial charge in [-0.3, -0.25) is 4.79 Å². The number of sulfonamides is 1. The van der Waals surface area contributed by atoms with E-state index in [4.69, 9.17) is 0 Å². The van der Waals surface area contributed by atoms with Crippen molar-refractivity contribution in [1.82, 2.24) is 4.72 Å². The minimum absolute atomic E-state index is 0.202. The van der Waals surface area contributed by atoms with Crippen LogP contribution in [0.3, 0.4) is 0 Å². The molecular weight excluding hydrogens is 376 g/mol. The molecule has 0 bridgehead atoms. The lowest BCUT2D eigenvalue weighted by Gasteiger charge is -2.08. The Labute approximate surface area is 135 Å². The first-order valence-corrected chi connectivity index (χ1v) is 9.08. The van der Waals surface area contributed by atoms with Crippen molar-refractivity contribution in [2.75, 3.05) is 11.9 Å². The maximum absolute atomic E-state index is 12.0. The molecule has 5 nitrogen and oxygen atoms in total. The highest BCUT2D eigenvalue weighted by molar-refractivity contribution is 9.10. The number of aryl methyl sites for hydroxylation is 1. The Morgan fingerprint density at radius 1 is 1.24 bits per heavy atom. The fourth-order valence-electron chi connectivity index (χ4n) is 1.55. The molecule has 0 saturated heterocycles. The Morgan fingerprint density at radius 2 is 1.95 bits per heavy atom. The number of nitrogens with one attached hydrogen (secondary N) is 2. The number of benzene rings is 1. The first kappa shape index (κ1) is 16.2. The number of para-hydroxylation sites is 1. The smallest absolute Gasteiger partial charge is 0.250 e. The van der Waals surface area contributed by atoms with Crippen LogP contribution in [-0.4, -0.2) is 20.9 Å². The molecule has 0 atom stereocenters. The van der Waals surface area contributed by atoms with Crippen molar-refractivity contribution in [3.05, 3.63) is 45.7 Å². The molecule has 1 aromatic heterocycles. The van der Waals surface area contributed by atoms with Crippen LogP contribution in [0.4, 0.5) is 5.69 Å². The van der Waals surface area contributed by atoms with E-state index in [0.29, 0.717) is 5.69 Å². The van der Waals surface area contributed by atoms with E-state index in [-0.39, 0.29) is 10.8 Å². The topological polar surface area (TPSA) is 75.3 Å². The number of rotatable bonds is 5. The van der Waals surface area contributed by atoms with Crippen LogP contribution in [0.5, 0.6) is 0 Å². The minimum atomic E-state index is -3.64. The Morgan fingerprint density at radius 3 is 2.57 bits per heavy atom. The summed E-state index contributed by atoms with van der Waals surface area (Å²) < 4.78 is 27.2. The molecule has 112 valence electrons. The lowest BCUT2D eigenvalue weighted by molar-refractivity contribution is -0.115. The van der Waals surface area contributed by atoms with E-state index < -0.39 is 15.9 Å². The number of hydrogen-bond acceptors (Lipinski definition) is 4. The molecule has 2 rings (SSSR count). The zero-order chi connectivity index (χ0) is 15.5. The third-order valence-corrected chi connectivity index (χ3v) is 6.14. The van der Waals surface area contributed by atoms with Gasteiger partial charge in [-0.1, -0.05) is 12.1 Å². The molecule has 0 saturated carbocycles. The quantitative estimate of drug-likeness (QED) is 0.826. The Kier molecular flexibility index (Phi) is 5.15. The van der Waals surface area contributed by atoms with Crippen LogP contribution in [-0.2, 0) is 14.8 Å². The van der Waals surface area contributed by atoms with Crippen molar-refractivity contribution in [3.8, 4) is 0 Å². The second-order valence-electron chi connectivity index (χ2n) is 4.22. The molecule has 0 fully saturated rings. The number of hydrogen-bond donors (Lipinski definition) is 2. The van der Waals surface area contributed by atoms with Gasteiger partial charge in [0.25, 0.3) is 10.0 Å². The number of anilines is 1. The van der Waals surface area contributed by atoms with Crippen molar-refractivity contribution >= 4 is 48.9 Å². The van der Waals surface area contributed by atoms with Gasteiger partial charge in [0.1, 0.15) is 4.21 Å². The maximum Gasteiger partial charge on any atom is 0.250 e. The summed E-state index contributed by atoms with van der Waals surface area (Å²) in [6.45, 7) is 1.50. The molecule has 2 N–H and O–H groups in total. The Bertz CT molecular complexity index is 756. The van der Waals surface area contributed by atoms with Gasteiger partial charge in [0.05, 0.1) is 12.2 Å². The van der Waals surface area contributed by atoms with Crippen LogP contribution in [0.2, 0.25) is 0 Å². The molecule has 0 unspecified atom stereocenters. The van der Waals surface area contributed by atoms with E-state index in [0.717, 1.165) is 20.7 Å². The van der Waals surface area contributed by atoms with Gasteiger partial charge >= 0.3 is 0 Å². The third kappa shape index (κ3) is 4.37. The molecule has 1 amide bonds. The van der Waals surface area contributed by atoms with Crippen LogP contribution < -0.4 is 10.0 Å². The van der Waals surface area contributed by atoms with E-state index in [2.05, 4.69) is 26.0 Å². The first-order chi connectivity index (χ1) is 9.88. The fraction of sp³-hybridized carbons (Fsp3) is 0.154. The summed E-state index contributed by atoms with van der Waals surface area (Å²) in [4.78, 5) is 12.7. The van der Waals surface area contributed by atoms with Crippen LogP contribution in [0.25, 0.3) is 0 Å². The fourth-order valence-corrected chi connectivity index (χ4v) is 4.24. The van der Waals surface area contributed by atoms with Gasteiger partial charge in [-0.05, 0) is 47.1 Å². The van der Waals surface area contributed by atoms with Gasteiger partial charge in [-0.15, -0.1) is 11.3 Å². The molecule has 1 aromatic carbocycles. The molecule has 0 aliphatic carbocycles. The van der Waals surface area contributed by atoms with Crippen LogP contribution in [0.1, 0.15) is 4.88 Å². The highest BCUT2D eigenvalue weighted by Crippen LogP contribution is 2.21. The molecule has 0 aliphatic heterocycles.